The van der Waals surface area contributed by atoms with E-state index in [0.29, 0.717) is 0 Å². The minimum atomic E-state index is 0.764. The summed E-state index contributed by atoms with van der Waals surface area (Å²) in [5.74, 6) is 3.03. The van der Waals surface area contributed by atoms with Crippen LogP contribution >= 0.6 is 11.8 Å². The first-order valence-electron chi connectivity index (χ1n) is 6.16. The van der Waals surface area contributed by atoms with Gasteiger partial charge in [-0.15, -0.1) is 0 Å². The first-order chi connectivity index (χ1) is 8.84. The molecule has 0 atom stereocenters. The summed E-state index contributed by atoms with van der Waals surface area (Å²) in [5, 5.41) is 0. The molecule has 0 fully saturated rings. The van der Waals surface area contributed by atoms with Gasteiger partial charge in [-0.2, -0.15) is 11.8 Å². The summed E-state index contributed by atoms with van der Waals surface area (Å²) in [7, 11) is 0. The Balaban J connectivity index is 1.63. The lowest BCUT2D eigenvalue weighted by molar-refractivity contribution is 0.344. The molecule has 0 bridgehead atoms. The minimum absolute atomic E-state index is 0.764. The fourth-order valence-electron chi connectivity index (χ4n) is 1.62. The molecule has 94 valence electrons. The van der Waals surface area contributed by atoms with Crippen molar-refractivity contribution < 1.29 is 4.74 Å². The molecule has 0 saturated heterocycles. The highest BCUT2D eigenvalue weighted by atomic mass is 32.2. The van der Waals surface area contributed by atoms with Crippen LogP contribution in [0.1, 0.15) is 11.1 Å². The lowest BCUT2D eigenvalue weighted by Gasteiger charge is -2.06. The molecule has 2 rings (SSSR count). The van der Waals surface area contributed by atoms with Crippen molar-refractivity contribution in [2.75, 3.05) is 12.4 Å². The van der Waals surface area contributed by atoms with Crippen molar-refractivity contribution in [1.29, 1.82) is 0 Å². The number of ether oxygens (including phenoxy) is 1. The third-order valence-electron chi connectivity index (χ3n) is 2.63. The summed E-state index contributed by atoms with van der Waals surface area (Å²) >= 11 is 1.90. The molecule has 0 aliphatic carbocycles. The largest absolute Gasteiger partial charge is 0.493 e. The zero-order valence-electron chi connectivity index (χ0n) is 10.6. The lowest BCUT2D eigenvalue weighted by Crippen LogP contribution is -2.00. The van der Waals surface area contributed by atoms with Gasteiger partial charge in [-0.3, -0.25) is 0 Å². The number of thioether (sulfide) groups is 1. The number of hydrogen-bond donors (Lipinski definition) is 0. The second-order valence-electron chi connectivity index (χ2n) is 4.20. The second kappa shape index (κ2) is 7.12. The average Bonchev–Trinajstić information content (AvgIpc) is 2.42. The average molecular weight is 258 g/mol. The third-order valence-corrected chi connectivity index (χ3v) is 3.62. The zero-order valence-corrected chi connectivity index (χ0v) is 11.5. The Kier molecular flexibility index (Phi) is 5.15. The van der Waals surface area contributed by atoms with Gasteiger partial charge < -0.3 is 4.74 Å². The van der Waals surface area contributed by atoms with E-state index in [-0.39, 0.29) is 0 Å². The molecule has 0 spiro atoms. The summed E-state index contributed by atoms with van der Waals surface area (Å²) in [6, 6.07) is 18.7. The molecule has 0 amide bonds. The highest BCUT2D eigenvalue weighted by Gasteiger charge is 1.95. The van der Waals surface area contributed by atoms with Gasteiger partial charge >= 0.3 is 0 Å². The maximum absolute atomic E-state index is 5.68. The number of rotatable bonds is 6. The number of aryl methyl sites for hydroxylation is 1. The highest BCUT2D eigenvalue weighted by Crippen LogP contribution is 2.14. The van der Waals surface area contributed by atoms with Crippen LogP contribution in [0.15, 0.2) is 54.6 Å². The van der Waals surface area contributed by atoms with Crippen LogP contribution in [0.25, 0.3) is 0 Å². The van der Waals surface area contributed by atoms with Crippen LogP contribution in [0.3, 0.4) is 0 Å². The predicted molar refractivity (Wildman–Crippen MR) is 79.3 cm³/mol. The van der Waals surface area contributed by atoms with Crippen molar-refractivity contribution >= 4 is 11.8 Å². The molecule has 0 unspecified atom stereocenters. The first-order valence-corrected chi connectivity index (χ1v) is 7.31. The number of benzene rings is 2. The lowest BCUT2D eigenvalue weighted by atomic mass is 10.2. The van der Waals surface area contributed by atoms with E-state index in [1.807, 2.05) is 23.9 Å². The quantitative estimate of drug-likeness (QED) is 0.714. The summed E-state index contributed by atoms with van der Waals surface area (Å²) in [5.41, 5.74) is 2.64. The molecule has 0 aliphatic heterocycles. The third kappa shape index (κ3) is 4.46. The van der Waals surface area contributed by atoms with Gasteiger partial charge in [-0.05, 0) is 24.6 Å². The molecule has 2 heteroatoms. The van der Waals surface area contributed by atoms with Gasteiger partial charge in [0.15, 0.2) is 0 Å². The summed E-state index contributed by atoms with van der Waals surface area (Å²) in [6.07, 6.45) is 0. The van der Waals surface area contributed by atoms with Crippen molar-refractivity contribution in [2.45, 2.75) is 12.7 Å². The van der Waals surface area contributed by atoms with E-state index in [1.54, 1.807) is 0 Å². The fraction of sp³-hybridized carbons (Fsp3) is 0.250. The minimum Gasteiger partial charge on any atom is -0.493 e. The van der Waals surface area contributed by atoms with Gasteiger partial charge in [0, 0.05) is 11.5 Å². The van der Waals surface area contributed by atoms with Crippen molar-refractivity contribution in [3.63, 3.8) is 0 Å². The molecule has 2 aromatic rings. The topological polar surface area (TPSA) is 9.23 Å². The Labute approximate surface area is 113 Å². The smallest absolute Gasteiger partial charge is 0.119 e. The number of hydrogen-bond acceptors (Lipinski definition) is 2. The molecule has 0 aliphatic rings. The van der Waals surface area contributed by atoms with Gasteiger partial charge in [0.2, 0.25) is 0 Å². The summed E-state index contributed by atoms with van der Waals surface area (Å²) in [6.45, 7) is 2.85. The Hall–Kier alpha value is -1.41. The Bertz CT molecular complexity index is 450. The van der Waals surface area contributed by atoms with Crippen LogP contribution in [-0.4, -0.2) is 12.4 Å². The van der Waals surface area contributed by atoms with Crippen molar-refractivity contribution in [1.82, 2.24) is 0 Å². The molecule has 0 aromatic heterocycles. The van der Waals surface area contributed by atoms with Crippen LogP contribution in [-0.2, 0) is 5.75 Å². The van der Waals surface area contributed by atoms with Gasteiger partial charge in [-0.25, -0.2) is 0 Å². The first kappa shape index (κ1) is 13.0. The van der Waals surface area contributed by atoms with Crippen molar-refractivity contribution in [2.24, 2.45) is 0 Å². The Morgan fingerprint density at radius 3 is 2.39 bits per heavy atom. The van der Waals surface area contributed by atoms with E-state index in [9.17, 15) is 0 Å². The van der Waals surface area contributed by atoms with E-state index in [4.69, 9.17) is 4.74 Å². The van der Waals surface area contributed by atoms with E-state index in [2.05, 4.69) is 49.4 Å². The van der Waals surface area contributed by atoms with Crippen molar-refractivity contribution in [3.8, 4) is 5.75 Å². The molecule has 0 N–H and O–H groups in total. The summed E-state index contributed by atoms with van der Waals surface area (Å²) < 4.78 is 5.68. The van der Waals surface area contributed by atoms with Gasteiger partial charge in [-0.1, -0.05) is 48.0 Å². The molecular formula is C16H18OS. The monoisotopic (exact) mass is 258 g/mol. The Morgan fingerprint density at radius 1 is 0.944 bits per heavy atom. The Morgan fingerprint density at radius 2 is 1.67 bits per heavy atom. The van der Waals surface area contributed by atoms with Gasteiger partial charge in [0.05, 0.1) is 6.61 Å². The van der Waals surface area contributed by atoms with E-state index in [1.165, 1.54) is 11.1 Å². The summed E-state index contributed by atoms with van der Waals surface area (Å²) in [4.78, 5) is 0. The van der Waals surface area contributed by atoms with Crippen molar-refractivity contribution in [3.05, 3.63) is 65.7 Å². The normalized spacial score (nSPS) is 10.3. The van der Waals surface area contributed by atoms with Crippen LogP contribution in [0.4, 0.5) is 0 Å². The standard InChI is InChI=1S/C16H18OS/c1-14-7-9-16(10-8-14)17-11-12-18-13-15-5-3-2-4-6-15/h2-10H,11-13H2,1H3. The molecule has 1 nitrogen and oxygen atoms in total. The molecule has 0 heterocycles. The van der Waals surface area contributed by atoms with E-state index < -0.39 is 0 Å². The molecule has 0 radical (unpaired) electrons. The fourth-order valence-corrected chi connectivity index (χ4v) is 2.39. The van der Waals surface area contributed by atoms with E-state index >= 15 is 0 Å². The second-order valence-corrected chi connectivity index (χ2v) is 5.30. The molecule has 0 saturated carbocycles. The van der Waals surface area contributed by atoms with Crippen LogP contribution in [0, 0.1) is 6.92 Å². The van der Waals surface area contributed by atoms with Crippen LogP contribution < -0.4 is 4.74 Å². The van der Waals surface area contributed by atoms with Crippen LogP contribution in [0.2, 0.25) is 0 Å². The zero-order chi connectivity index (χ0) is 12.6. The molecule has 2 aromatic carbocycles. The van der Waals surface area contributed by atoms with Gasteiger partial charge in [0.25, 0.3) is 0 Å². The maximum Gasteiger partial charge on any atom is 0.119 e. The van der Waals surface area contributed by atoms with Crippen LogP contribution in [0.5, 0.6) is 5.75 Å². The highest BCUT2D eigenvalue weighted by molar-refractivity contribution is 7.98. The molecule has 18 heavy (non-hydrogen) atoms. The van der Waals surface area contributed by atoms with Gasteiger partial charge in [0.1, 0.15) is 5.75 Å². The maximum atomic E-state index is 5.68. The SMILES string of the molecule is Cc1ccc(OCCSCc2ccccc2)cc1. The molecular weight excluding hydrogens is 240 g/mol. The predicted octanol–water partition coefficient (Wildman–Crippen LogP) is 4.31. The van der Waals surface area contributed by atoms with E-state index in [0.717, 1.165) is 23.9 Å².